The highest BCUT2D eigenvalue weighted by atomic mass is 19.1. The topological polar surface area (TPSA) is 0 Å². The van der Waals surface area contributed by atoms with E-state index in [1.54, 1.807) is 13.8 Å². The molecular weight excluding hydrogens is 211 g/mol. The summed E-state index contributed by atoms with van der Waals surface area (Å²) in [6.45, 7) is 15.7. The second-order valence-electron chi connectivity index (χ2n) is 5.81. The molecule has 0 aliphatic carbocycles. The van der Waals surface area contributed by atoms with Crippen molar-refractivity contribution >= 4 is 0 Å². The fourth-order valence-corrected chi connectivity index (χ4v) is 1.56. The van der Waals surface area contributed by atoms with Gasteiger partial charge in [0.1, 0.15) is 5.67 Å². The number of alkyl halides is 1. The molecule has 0 saturated carbocycles. The molecule has 0 nitrogen and oxygen atoms in total. The van der Waals surface area contributed by atoms with E-state index in [-0.39, 0.29) is 5.41 Å². The zero-order chi connectivity index (χ0) is 13.9. The van der Waals surface area contributed by atoms with Crippen LogP contribution in [-0.4, -0.2) is 0 Å². The Bertz CT molecular complexity index is 319. The van der Waals surface area contributed by atoms with E-state index in [9.17, 15) is 4.39 Å². The molecule has 0 saturated heterocycles. The lowest BCUT2D eigenvalue weighted by Crippen LogP contribution is -2.15. The standard InChI is InChI=1S/C14H21F.C2H6/c1-10-7-11(13(2,3)4)9-12(8-10)14(5,6)15;1-2/h7-9H,1-6H3;1-2H3. The predicted octanol–water partition coefficient (Wildman–Crippen LogP) is 5.52. The molecule has 17 heavy (non-hydrogen) atoms. The summed E-state index contributed by atoms with van der Waals surface area (Å²) in [6.07, 6.45) is 0. The van der Waals surface area contributed by atoms with Crippen LogP contribution in [0.15, 0.2) is 18.2 Å². The molecule has 0 N–H and O–H groups in total. The number of rotatable bonds is 1. The molecule has 0 heterocycles. The van der Waals surface area contributed by atoms with Crippen molar-refractivity contribution in [1.82, 2.24) is 0 Å². The van der Waals surface area contributed by atoms with Gasteiger partial charge in [0.15, 0.2) is 0 Å². The molecule has 1 aromatic rings. The smallest absolute Gasteiger partial charge is 0.130 e. The molecule has 0 aliphatic heterocycles. The maximum absolute atomic E-state index is 13.9. The summed E-state index contributed by atoms with van der Waals surface area (Å²) in [4.78, 5) is 0. The zero-order valence-electron chi connectivity index (χ0n) is 12.6. The Morgan fingerprint density at radius 1 is 0.824 bits per heavy atom. The second kappa shape index (κ2) is 5.66. The first-order valence-corrected chi connectivity index (χ1v) is 6.42. The average Bonchev–Trinajstić information content (AvgIpc) is 2.17. The molecule has 0 fully saturated rings. The van der Waals surface area contributed by atoms with Gasteiger partial charge in [0.25, 0.3) is 0 Å². The van der Waals surface area contributed by atoms with Crippen LogP contribution in [0.5, 0.6) is 0 Å². The average molecular weight is 238 g/mol. The number of hydrogen-bond donors (Lipinski definition) is 0. The Morgan fingerprint density at radius 3 is 1.59 bits per heavy atom. The molecule has 98 valence electrons. The Morgan fingerprint density at radius 2 is 1.24 bits per heavy atom. The number of hydrogen-bond acceptors (Lipinski definition) is 0. The molecule has 0 bridgehead atoms. The van der Waals surface area contributed by atoms with Gasteiger partial charge in [-0.05, 0) is 37.3 Å². The van der Waals surface area contributed by atoms with Crippen molar-refractivity contribution < 1.29 is 4.39 Å². The maximum atomic E-state index is 13.9. The SMILES string of the molecule is CC.Cc1cc(C(C)(C)C)cc(C(C)(C)F)c1. The lowest BCUT2D eigenvalue weighted by Gasteiger charge is -2.23. The quantitative estimate of drug-likeness (QED) is 0.604. The highest BCUT2D eigenvalue weighted by molar-refractivity contribution is 5.35. The predicted molar refractivity (Wildman–Crippen MR) is 75.4 cm³/mol. The van der Waals surface area contributed by atoms with Gasteiger partial charge in [-0.2, -0.15) is 0 Å². The summed E-state index contributed by atoms with van der Waals surface area (Å²) in [5.41, 5.74) is 1.91. The Hall–Kier alpha value is -0.850. The third-order valence-electron chi connectivity index (χ3n) is 2.63. The Balaban J connectivity index is 0.00000121. The van der Waals surface area contributed by atoms with Gasteiger partial charge >= 0.3 is 0 Å². The summed E-state index contributed by atoms with van der Waals surface area (Å²) in [6, 6.07) is 6.04. The maximum Gasteiger partial charge on any atom is 0.130 e. The molecule has 0 atom stereocenters. The van der Waals surface area contributed by atoms with Crippen LogP contribution in [0.25, 0.3) is 0 Å². The first-order valence-electron chi connectivity index (χ1n) is 6.42. The van der Waals surface area contributed by atoms with E-state index in [4.69, 9.17) is 0 Å². The molecular formula is C16H27F. The number of halogens is 1. The van der Waals surface area contributed by atoms with E-state index in [1.165, 1.54) is 5.56 Å². The molecule has 0 unspecified atom stereocenters. The van der Waals surface area contributed by atoms with Crippen molar-refractivity contribution in [3.8, 4) is 0 Å². The van der Waals surface area contributed by atoms with E-state index >= 15 is 0 Å². The number of benzene rings is 1. The summed E-state index contributed by atoms with van der Waals surface area (Å²) >= 11 is 0. The Labute approximate surface area is 106 Å². The lowest BCUT2D eigenvalue weighted by atomic mass is 9.83. The molecule has 0 amide bonds. The van der Waals surface area contributed by atoms with Crippen molar-refractivity contribution in [1.29, 1.82) is 0 Å². The van der Waals surface area contributed by atoms with Gasteiger partial charge in [-0.15, -0.1) is 0 Å². The highest BCUT2D eigenvalue weighted by Crippen LogP contribution is 2.30. The fraction of sp³-hybridized carbons (Fsp3) is 0.625. The minimum Gasteiger partial charge on any atom is -0.239 e. The third-order valence-corrected chi connectivity index (χ3v) is 2.63. The summed E-state index contributed by atoms with van der Waals surface area (Å²) < 4.78 is 13.9. The third kappa shape index (κ3) is 4.89. The van der Waals surface area contributed by atoms with E-state index < -0.39 is 5.67 Å². The van der Waals surface area contributed by atoms with Gasteiger partial charge in [-0.25, -0.2) is 4.39 Å². The second-order valence-corrected chi connectivity index (χ2v) is 5.81. The largest absolute Gasteiger partial charge is 0.239 e. The van der Waals surface area contributed by atoms with Gasteiger partial charge < -0.3 is 0 Å². The van der Waals surface area contributed by atoms with Crippen molar-refractivity contribution in [2.24, 2.45) is 0 Å². The monoisotopic (exact) mass is 238 g/mol. The van der Waals surface area contributed by atoms with Gasteiger partial charge in [0.05, 0.1) is 0 Å². The molecule has 0 aromatic heterocycles. The van der Waals surface area contributed by atoms with Gasteiger partial charge in [0, 0.05) is 0 Å². The summed E-state index contributed by atoms with van der Waals surface area (Å²) in [5.74, 6) is 0. The van der Waals surface area contributed by atoms with Crippen LogP contribution in [-0.2, 0) is 11.1 Å². The first kappa shape index (κ1) is 16.1. The lowest BCUT2D eigenvalue weighted by molar-refractivity contribution is 0.221. The van der Waals surface area contributed by atoms with Crippen molar-refractivity contribution in [3.63, 3.8) is 0 Å². The Kier molecular flexibility index (Phi) is 5.38. The normalized spacial score (nSPS) is 11.8. The van der Waals surface area contributed by atoms with Crippen LogP contribution >= 0.6 is 0 Å². The molecule has 0 aliphatic rings. The van der Waals surface area contributed by atoms with Crippen molar-refractivity contribution in [3.05, 3.63) is 34.9 Å². The minimum absolute atomic E-state index is 0.0754. The van der Waals surface area contributed by atoms with E-state index in [1.807, 2.05) is 32.9 Å². The van der Waals surface area contributed by atoms with Crippen LogP contribution < -0.4 is 0 Å². The molecule has 1 heteroatoms. The molecule has 1 aromatic carbocycles. The van der Waals surface area contributed by atoms with Gasteiger partial charge in [-0.1, -0.05) is 58.4 Å². The van der Waals surface area contributed by atoms with Crippen LogP contribution in [0, 0.1) is 6.92 Å². The van der Waals surface area contributed by atoms with Crippen LogP contribution in [0.3, 0.4) is 0 Å². The number of aryl methyl sites for hydroxylation is 1. The fourth-order valence-electron chi connectivity index (χ4n) is 1.56. The minimum atomic E-state index is -1.26. The van der Waals surface area contributed by atoms with Crippen molar-refractivity contribution in [2.45, 2.75) is 66.5 Å². The van der Waals surface area contributed by atoms with Crippen LogP contribution in [0.2, 0.25) is 0 Å². The van der Waals surface area contributed by atoms with Gasteiger partial charge in [0.2, 0.25) is 0 Å². The molecule has 1 rings (SSSR count). The van der Waals surface area contributed by atoms with E-state index in [0.717, 1.165) is 11.1 Å². The van der Waals surface area contributed by atoms with E-state index in [0.29, 0.717) is 0 Å². The molecule has 0 spiro atoms. The van der Waals surface area contributed by atoms with E-state index in [2.05, 4.69) is 26.8 Å². The van der Waals surface area contributed by atoms with Crippen molar-refractivity contribution in [2.75, 3.05) is 0 Å². The zero-order valence-corrected chi connectivity index (χ0v) is 12.6. The first-order chi connectivity index (χ1) is 7.60. The highest BCUT2D eigenvalue weighted by Gasteiger charge is 2.22. The van der Waals surface area contributed by atoms with Gasteiger partial charge in [-0.3, -0.25) is 0 Å². The summed E-state index contributed by atoms with van der Waals surface area (Å²) in [5, 5.41) is 0. The van der Waals surface area contributed by atoms with Crippen LogP contribution in [0.1, 0.15) is 65.2 Å². The van der Waals surface area contributed by atoms with Crippen LogP contribution in [0.4, 0.5) is 4.39 Å². The molecule has 0 radical (unpaired) electrons. The summed E-state index contributed by atoms with van der Waals surface area (Å²) in [7, 11) is 0.